The predicted octanol–water partition coefficient (Wildman–Crippen LogP) is -1.19. The van der Waals surface area contributed by atoms with Crippen molar-refractivity contribution < 1.29 is 17.7 Å². The molecule has 0 unspecified atom stereocenters. The highest BCUT2D eigenvalue weighted by molar-refractivity contribution is 5.46. The lowest BCUT2D eigenvalue weighted by Crippen LogP contribution is -3.00. The molecule has 1 nitrogen and oxygen atoms in total. The van der Waals surface area contributed by atoms with Crippen LogP contribution in [-0.2, 0) is 6.54 Å². The lowest BCUT2D eigenvalue weighted by molar-refractivity contribution is -0.670. The summed E-state index contributed by atoms with van der Waals surface area (Å²) in [7, 11) is 0. The minimum absolute atomic E-state index is 0. The highest BCUT2D eigenvalue weighted by atomic mass is 35.5. The molecule has 0 aliphatic rings. The number of hydrogen-bond donors (Lipinski definition) is 1. The summed E-state index contributed by atoms with van der Waals surface area (Å²) in [6.45, 7) is 8.23. The van der Waals surface area contributed by atoms with E-state index in [0.29, 0.717) is 0 Å². The van der Waals surface area contributed by atoms with Gasteiger partial charge in [0, 0.05) is 5.56 Å². The molecule has 0 fully saturated rings. The molecule has 14 heavy (non-hydrogen) atoms. The molecule has 0 radical (unpaired) electrons. The van der Waals surface area contributed by atoms with Gasteiger partial charge >= 0.3 is 0 Å². The van der Waals surface area contributed by atoms with Gasteiger partial charge in [-0.1, -0.05) is 43.8 Å². The summed E-state index contributed by atoms with van der Waals surface area (Å²) in [6, 6.07) is 8.57. The molecule has 2 heteroatoms. The number of halogens is 1. The molecule has 0 aliphatic carbocycles. The molecular weight excluding hydrogens is 194 g/mol. The normalized spacial score (nSPS) is 9.21. The molecule has 1 rings (SSSR count). The van der Waals surface area contributed by atoms with Crippen LogP contribution in [0.15, 0.2) is 30.8 Å². The Morgan fingerprint density at radius 2 is 1.93 bits per heavy atom. The number of quaternary nitrogens is 1. The summed E-state index contributed by atoms with van der Waals surface area (Å²) in [6.07, 6.45) is 3.12. The zero-order chi connectivity index (χ0) is 9.52. The van der Waals surface area contributed by atoms with Crippen LogP contribution in [0.25, 0.3) is 6.08 Å². The summed E-state index contributed by atoms with van der Waals surface area (Å²) in [4.78, 5) is 0. The van der Waals surface area contributed by atoms with Gasteiger partial charge in [-0.25, -0.2) is 0 Å². The summed E-state index contributed by atoms with van der Waals surface area (Å²) >= 11 is 0. The maximum atomic E-state index is 3.73. The molecule has 1 aromatic carbocycles. The van der Waals surface area contributed by atoms with Crippen molar-refractivity contribution in [3.63, 3.8) is 0 Å². The van der Waals surface area contributed by atoms with E-state index in [-0.39, 0.29) is 12.4 Å². The Bertz CT molecular complexity index is 254. The summed E-state index contributed by atoms with van der Waals surface area (Å²) < 4.78 is 0. The fraction of sp³-hybridized carbons (Fsp3) is 0.333. The number of rotatable bonds is 5. The van der Waals surface area contributed by atoms with E-state index in [1.807, 2.05) is 6.08 Å². The monoisotopic (exact) mass is 211 g/mol. The van der Waals surface area contributed by atoms with E-state index in [2.05, 4.69) is 43.1 Å². The Morgan fingerprint density at radius 1 is 1.29 bits per heavy atom. The van der Waals surface area contributed by atoms with Gasteiger partial charge in [-0.05, 0) is 12.0 Å². The van der Waals surface area contributed by atoms with Crippen molar-refractivity contribution >= 4 is 6.08 Å². The molecule has 78 valence electrons. The average Bonchev–Trinajstić information content (AvgIpc) is 2.19. The second-order valence-corrected chi connectivity index (χ2v) is 3.23. The minimum atomic E-state index is 0. The van der Waals surface area contributed by atoms with Crippen molar-refractivity contribution in [2.75, 3.05) is 6.54 Å². The third-order valence-corrected chi connectivity index (χ3v) is 2.09. The standard InChI is InChI=1S/C12H17N.ClH/c1-3-9-13-10-12-7-5-11(4-2)6-8-12;/h4-8,13H,2-3,9-10H2,1H3;1H. The number of hydrogen-bond acceptors (Lipinski definition) is 0. The van der Waals surface area contributed by atoms with Gasteiger partial charge in [0.1, 0.15) is 6.54 Å². The Balaban J connectivity index is 0.00000169. The van der Waals surface area contributed by atoms with Crippen LogP contribution in [0.1, 0.15) is 24.5 Å². The molecule has 0 atom stereocenters. The fourth-order valence-electron chi connectivity index (χ4n) is 1.26. The molecule has 0 amide bonds. The Kier molecular flexibility index (Phi) is 7.17. The van der Waals surface area contributed by atoms with E-state index in [1.54, 1.807) is 0 Å². The predicted molar refractivity (Wildman–Crippen MR) is 57.3 cm³/mol. The van der Waals surface area contributed by atoms with E-state index in [4.69, 9.17) is 0 Å². The first-order valence-electron chi connectivity index (χ1n) is 4.90. The van der Waals surface area contributed by atoms with Gasteiger partial charge in [-0.15, -0.1) is 0 Å². The molecule has 0 aromatic heterocycles. The molecule has 0 aliphatic heterocycles. The van der Waals surface area contributed by atoms with Crippen LogP contribution in [0.5, 0.6) is 0 Å². The van der Waals surface area contributed by atoms with E-state index in [9.17, 15) is 0 Å². The number of benzene rings is 1. The van der Waals surface area contributed by atoms with Gasteiger partial charge in [0.15, 0.2) is 0 Å². The summed E-state index contributed by atoms with van der Waals surface area (Å²) in [5, 5.41) is 2.34. The SMILES string of the molecule is C=Cc1ccc(C[NH2+]CCC)cc1.[Cl-]. The second kappa shape index (κ2) is 7.60. The maximum absolute atomic E-state index is 3.73. The van der Waals surface area contributed by atoms with Crippen molar-refractivity contribution in [1.82, 2.24) is 0 Å². The van der Waals surface area contributed by atoms with Crippen molar-refractivity contribution in [3.05, 3.63) is 42.0 Å². The maximum Gasteiger partial charge on any atom is 0.101 e. The van der Waals surface area contributed by atoms with Gasteiger partial charge in [0.05, 0.1) is 6.54 Å². The lowest BCUT2D eigenvalue weighted by atomic mass is 10.1. The zero-order valence-corrected chi connectivity index (χ0v) is 9.43. The molecule has 0 heterocycles. The van der Waals surface area contributed by atoms with Crippen LogP contribution in [0.4, 0.5) is 0 Å². The first-order valence-corrected chi connectivity index (χ1v) is 4.90. The number of nitrogens with two attached hydrogens (primary N) is 1. The largest absolute Gasteiger partial charge is 1.00 e. The Hall–Kier alpha value is -0.790. The van der Waals surface area contributed by atoms with Gasteiger partial charge in [-0.3, -0.25) is 0 Å². The smallest absolute Gasteiger partial charge is 0.101 e. The lowest BCUT2D eigenvalue weighted by Gasteiger charge is -2.00. The van der Waals surface area contributed by atoms with Crippen molar-refractivity contribution in [1.29, 1.82) is 0 Å². The average molecular weight is 212 g/mol. The Labute approximate surface area is 92.6 Å². The molecule has 0 bridgehead atoms. The van der Waals surface area contributed by atoms with Gasteiger partial charge in [-0.2, -0.15) is 0 Å². The quantitative estimate of drug-likeness (QED) is 0.590. The van der Waals surface area contributed by atoms with E-state index in [1.165, 1.54) is 24.1 Å². The van der Waals surface area contributed by atoms with E-state index >= 15 is 0 Å². The van der Waals surface area contributed by atoms with E-state index in [0.717, 1.165) is 6.54 Å². The van der Waals surface area contributed by atoms with Crippen LogP contribution < -0.4 is 17.7 Å². The molecule has 2 N–H and O–H groups in total. The highest BCUT2D eigenvalue weighted by Gasteiger charge is 1.93. The summed E-state index contributed by atoms with van der Waals surface area (Å²) in [5.41, 5.74) is 2.58. The van der Waals surface area contributed by atoms with Crippen LogP contribution in [0.3, 0.4) is 0 Å². The van der Waals surface area contributed by atoms with Crippen molar-refractivity contribution in [2.45, 2.75) is 19.9 Å². The topological polar surface area (TPSA) is 16.6 Å². The minimum Gasteiger partial charge on any atom is -1.00 e. The summed E-state index contributed by atoms with van der Waals surface area (Å²) in [5.74, 6) is 0. The first kappa shape index (κ1) is 13.2. The van der Waals surface area contributed by atoms with Crippen LogP contribution in [-0.4, -0.2) is 6.54 Å². The Morgan fingerprint density at radius 3 is 2.43 bits per heavy atom. The second-order valence-electron chi connectivity index (χ2n) is 3.23. The fourth-order valence-corrected chi connectivity index (χ4v) is 1.26. The van der Waals surface area contributed by atoms with Gasteiger partial charge in [0.2, 0.25) is 0 Å². The molecule has 0 spiro atoms. The third kappa shape index (κ3) is 4.45. The van der Waals surface area contributed by atoms with Crippen LogP contribution in [0.2, 0.25) is 0 Å². The molecule has 0 saturated carbocycles. The molecule has 0 saturated heterocycles. The molecular formula is C12H18ClN. The van der Waals surface area contributed by atoms with Crippen molar-refractivity contribution in [2.24, 2.45) is 0 Å². The van der Waals surface area contributed by atoms with Crippen LogP contribution in [0, 0.1) is 0 Å². The first-order chi connectivity index (χ1) is 6.36. The third-order valence-electron chi connectivity index (χ3n) is 2.09. The highest BCUT2D eigenvalue weighted by Crippen LogP contribution is 2.03. The van der Waals surface area contributed by atoms with Gasteiger partial charge < -0.3 is 17.7 Å². The molecule has 1 aromatic rings. The van der Waals surface area contributed by atoms with Gasteiger partial charge in [0.25, 0.3) is 0 Å². The zero-order valence-electron chi connectivity index (χ0n) is 8.67. The van der Waals surface area contributed by atoms with Crippen LogP contribution >= 0.6 is 0 Å². The van der Waals surface area contributed by atoms with E-state index < -0.39 is 0 Å². The van der Waals surface area contributed by atoms with Crippen molar-refractivity contribution in [3.8, 4) is 0 Å².